The van der Waals surface area contributed by atoms with E-state index in [2.05, 4.69) is 14.9 Å². The van der Waals surface area contributed by atoms with Crippen molar-refractivity contribution in [1.29, 1.82) is 0 Å². The van der Waals surface area contributed by atoms with Crippen molar-refractivity contribution in [3.63, 3.8) is 0 Å². The van der Waals surface area contributed by atoms with Crippen molar-refractivity contribution in [1.82, 2.24) is 19.8 Å². The van der Waals surface area contributed by atoms with Gasteiger partial charge in [0, 0.05) is 13.0 Å². The van der Waals surface area contributed by atoms with Crippen molar-refractivity contribution in [2.24, 2.45) is 0 Å². The number of nitrogens with zero attached hydrogens (tertiary/aromatic N) is 3. The van der Waals surface area contributed by atoms with Crippen molar-refractivity contribution < 1.29 is 22.1 Å². The summed E-state index contributed by atoms with van der Waals surface area (Å²) in [6, 6.07) is 14.0. The Kier molecular flexibility index (Phi) is 6.10. The summed E-state index contributed by atoms with van der Waals surface area (Å²) >= 11 is 0. The van der Waals surface area contributed by atoms with Crippen molar-refractivity contribution in [2.45, 2.75) is 36.7 Å². The van der Waals surface area contributed by atoms with Gasteiger partial charge in [0.25, 0.3) is 0 Å². The van der Waals surface area contributed by atoms with E-state index < -0.39 is 15.8 Å². The molecule has 10 heteroatoms. The smallest absolute Gasteiger partial charge is 0.249 e. The molecule has 3 aromatic rings. The third kappa shape index (κ3) is 4.97. The van der Waals surface area contributed by atoms with E-state index in [0.717, 1.165) is 17.7 Å². The van der Waals surface area contributed by atoms with E-state index in [-0.39, 0.29) is 35.1 Å². The fourth-order valence-corrected chi connectivity index (χ4v) is 4.48. The number of sulfonamides is 1. The molecule has 0 radical (unpaired) electrons. The molecule has 0 aliphatic carbocycles. The molecule has 0 bridgehead atoms. The van der Waals surface area contributed by atoms with Gasteiger partial charge in [0.1, 0.15) is 11.9 Å². The highest BCUT2D eigenvalue weighted by Crippen LogP contribution is 2.32. The van der Waals surface area contributed by atoms with Gasteiger partial charge in [-0.05, 0) is 42.7 Å². The van der Waals surface area contributed by atoms with Gasteiger partial charge in [0.05, 0.1) is 11.4 Å². The number of amides is 1. The summed E-state index contributed by atoms with van der Waals surface area (Å²) in [6.45, 7) is 0.344. The standard InChI is InChI=1S/C21H21FN4O4S/c22-16-6-8-17(9-7-16)31(28,29)23-14-19-24-21(30-25-19)18-10-11-20(27)26(18)13-12-15-4-2-1-3-5-15/h1-9,18,23H,10-14H2/t18-/m0/s1. The highest BCUT2D eigenvalue weighted by molar-refractivity contribution is 7.89. The van der Waals surface area contributed by atoms with E-state index in [4.69, 9.17) is 4.52 Å². The molecular weight excluding hydrogens is 423 g/mol. The minimum Gasteiger partial charge on any atom is -0.337 e. The van der Waals surface area contributed by atoms with Crippen LogP contribution in [0.3, 0.4) is 0 Å². The maximum absolute atomic E-state index is 13.0. The number of likely N-dealkylation sites (tertiary alicyclic amines) is 1. The van der Waals surface area contributed by atoms with Crippen LogP contribution in [0, 0.1) is 5.82 Å². The van der Waals surface area contributed by atoms with Crippen molar-refractivity contribution >= 4 is 15.9 Å². The van der Waals surface area contributed by atoms with Crippen LogP contribution in [0.15, 0.2) is 64.0 Å². The number of rotatable bonds is 8. The first-order chi connectivity index (χ1) is 14.9. The molecule has 0 unspecified atom stereocenters. The van der Waals surface area contributed by atoms with Gasteiger partial charge in [-0.2, -0.15) is 4.98 Å². The Morgan fingerprint density at radius 3 is 2.61 bits per heavy atom. The minimum absolute atomic E-state index is 0.0256. The molecule has 162 valence electrons. The molecule has 1 fully saturated rings. The number of benzene rings is 2. The van der Waals surface area contributed by atoms with Crippen molar-refractivity contribution in [2.75, 3.05) is 6.54 Å². The van der Waals surface area contributed by atoms with Crippen LogP contribution in [0.4, 0.5) is 4.39 Å². The van der Waals surface area contributed by atoms with Gasteiger partial charge in [-0.1, -0.05) is 35.5 Å². The van der Waals surface area contributed by atoms with Crippen LogP contribution in [-0.4, -0.2) is 35.9 Å². The topological polar surface area (TPSA) is 105 Å². The Morgan fingerprint density at radius 1 is 1.13 bits per heavy atom. The molecule has 1 saturated heterocycles. The molecule has 1 aliphatic rings. The third-order valence-corrected chi connectivity index (χ3v) is 6.54. The molecular formula is C21H21FN4O4S. The number of hydrogen-bond donors (Lipinski definition) is 1. The molecule has 1 atom stereocenters. The average molecular weight is 444 g/mol. The van der Waals surface area contributed by atoms with E-state index in [1.807, 2.05) is 30.3 Å². The minimum atomic E-state index is -3.85. The second-order valence-corrected chi connectivity index (χ2v) is 8.97. The fourth-order valence-electron chi connectivity index (χ4n) is 3.50. The van der Waals surface area contributed by atoms with Gasteiger partial charge in [0.2, 0.25) is 21.8 Å². The van der Waals surface area contributed by atoms with E-state index in [0.29, 0.717) is 25.8 Å². The summed E-state index contributed by atoms with van der Waals surface area (Å²) in [4.78, 5) is 18.3. The number of nitrogens with one attached hydrogen (secondary N) is 1. The van der Waals surface area contributed by atoms with Crippen LogP contribution in [0.1, 0.15) is 36.2 Å². The van der Waals surface area contributed by atoms with Gasteiger partial charge >= 0.3 is 0 Å². The zero-order valence-electron chi connectivity index (χ0n) is 16.6. The molecule has 31 heavy (non-hydrogen) atoms. The summed E-state index contributed by atoms with van der Waals surface area (Å²) in [5, 5.41) is 3.84. The maximum Gasteiger partial charge on any atom is 0.249 e. The van der Waals surface area contributed by atoms with Gasteiger partial charge in [-0.25, -0.2) is 17.5 Å². The monoisotopic (exact) mass is 444 g/mol. The number of hydrogen-bond acceptors (Lipinski definition) is 6. The first-order valence-corrected chi connectivity index (χ1v) is 11.3. The largest absolute Gasteiger partial charge is 0.337 e. The number of carbonyl (C=O) groups is 1. The molecule has 1 aliphatic heterocycles. The second kappa shape index (κ2) is 8.94. The highest BCUT2D eigenvalue weighted by Gasteiger charge is 2.35. The summed E-state index contributed by atoms with van der Waals surface area (Å²) < 4.78 is 45.3. The molecule has 8 nitrogen and oxygen atoms in total. The van der Waals surface area contributed by atoms with Crippen LogP contribution < -0.4 is 4.72 Å². The van der Waals surface area contributed by atoms with Gasteiger partial charge in [-0.15, -0.1) is 0 Å². The summed E-state index contributed by atoms with van der Waals surface area (Å²) in [7, 11) is -3.85. The molecule has 4 rings (SSSR count). The Labute approximate surface area is 179 Å². The summed E-state index contributed by atoms with van der Waals surface area (Å²) in [6.07, 6.45) is 1.67. The van der Waals surface area contributed by atoms with Crippen LogP contribution in [-0.2, 0) is 27.8 Å². The van der Waals surface area contributed by atoms with E-state index in [1.165, 1.54) is 12.1 Å². The summed E-state index contributed by atoms with van der Waals surface area (Å²) in [5.74, 6) is -0.0553. The van der Waals surface area contributed by atoms with Crippen LogP contribution >= 0.6 is 0 Å². The number of halogens is 1. The molecule has 2 heterocycles. The SMILES string of the molecule is O=C1CC[C@@H](c2nc(CNS(=O)(=O)c3ccc(F)cc3)no2)N1CCc1ccccc1. The predicted octanol–water partition coefficient (Wildman–Crippen LogP) is 2.59. The van der Waals surface area contributed by atoms with E-state index in [1.54, 1.807) is 4.90 Å². The van der Waals surface area contributed by atoms with Crippen molar-refractivity contribution in [3.8, 4) is 0 Å². The van der Waals surface area contributed by atoms with Gasteiger partial charge in [0.15, 0.2) is 5.82 Å². The van der Waals surface area contributed by atoms with Crippen molar-refractivity contribution in [3.05, 3.63) is 77.7 Å². The number of aromatic nitrogens is 2. The van der Waals surface area contributed by atoms with Crippen LogP contribution in [0.5, 0.6) is 0 Å². The first kappa shape index (κ1) is 21.1. The molecule has 1 N–H and O–H groups in total. The second-order valence-electron chi connectivity index (χ2n) is 7.20. The zero-order chi connectivity index (χ0) is 21.8. The predicted molar refractivity (Wildman–Crippen MR) is 109 cm³/mol. The molecule has 1 amide bonds. The Bertz CT molecular complexity index is 1150. The Hall–Kier alpha value is -3.11. The lowest BCUT2D eigenvalue weighted by Gasteiger charge is -2.21. The zero-order valence-corrected chi connectivity index (χ0v) is 17.4. The van der Waals surface area contributed by atoms with Crippen LogP contribution in [0.25, 0.3) is 0 Å². The lowest BCUT2D eigenvalue weighted by molar-refractivity contribution is -0.129. The lowest BCUT2D eigenvalue weighted by atomic mass is 10.1. The molecule has 1 aromatic heterocycles. The van der Waals surface area contributed by atoms with E-state index >= 15 is 0 Å². The average Bonchev–Trinajstić information content (AvgIpc) is 3.38. The summed E-state index contributed by atoms with van der Waals surface area (Å²) in [5.41, 5.74) is 1.13. The lowest BCUT2D eigenvalue weighted by Crippen LogP contribution is -2.30. The quantitative estimate of drug-likeness (QED) is 0.573. The number of carbonyl (C=O) groups excluding carboxylic acids is 1. The third-order valence-electron chi connectivity index (χ3n) is 5.13. The van der Waals surface area contributed by atoms with Gasteiger partial charge in [-0.3, -0.25) is 4.79 Å². The highest BCUT2D eigenvalue weighted by atomic mass is 32.2. The fraction of sp³-hybridized carbons (Fsp3) is 0.286. The Morgan fingerprint density at radius 2 is 1.87 bits per heavy atom. The van der Waals surface area contributed by atoms with Crippen LogP contribution in [0.2, 0.25) is 0 Å². The Balaban J connectivity index is 1.40. The molecule has 0 saturated carbocycles. The molecule has 2 aromatic carbocycles. The van der Waals surface area contributed by atoms with E-state index in [9.17, 15) is 17.6 Å². The maximum atomic E-state index is 13.0. The molecule has 0 spiro atoms. The first-order valence-electron chi connectivity index (χ1n) is 9.83. The normalized spacial score (nSPS) is 16.7. The van der Waals surface area contributed by atoms with Gasteiger partial charge < -0.3 is 9.42 Å².